The predicted octanol–water partition coefficient (Wildman–Crippen LogP) is 6.18. The smallest absolute Gasteiger partial charge is 0.338 e. The Balaban J connectivity index is 1.42. The number of fused-ring (bicyclic) bond motifs is 2. The summed E-state index contributed by atoms with van der Waals surface area (Å²) in [5.41, 5.74) is 3.18. The Morgan fingerprint density at radius 3 is 2.55 bits per heavy atom. The van der Waals surface area contributed by atoms with Crippen LogP contribution < -0.4 is 19.6 Å². The van der Waals surface area contributed by atoms with Gasteiger partial charge in [-0.25, -0.2) is 9.79 Å². The highest BCUT2D eigenvalue weighted by Crippen LogP contribution is 2.31. The van der Waals surface area contributed by atoms with Gasteiger partial charge in [-0.1, -0.05) is 95.7 Å². The number of nitrogens with zero attached hydrogens (tertiary/aromatic N) is 2. The van der Waals surface area contributed by atoms with Crippen LogP contribution in [0, 0.1) is 0 Å². The lowest BCUT2D eigenvalue weighted by molar-refractivity contribution is -0.139. The third kappa shape index (κ3) is 5.29. The predicted molar refractivity (Wildman–Crippen MR) is 167 cm³/mol. The molecule has 1 aliphatic rings. The lowest BCUT2D eigenvalue weighted by Gasteiger charge is -2.24. The maximum absolute atomic E-state index is 14.0. The summed E-state index contributed by atoms with van der Waals surface area (Å²) in [4.78, 5) is 32.2. The number of hydrogen-bond donors (Lipinski definition) is 0. The summed E-state index contributed by atoms with van der Waals surface area (Å²) >= 11 is 7.43. The fraction of sp³-hybridized carbons (Fsp3) is 0.147. The molecule has 0 N–H and O–H groups in total. The molecule has 6 nitrogen and oxygen atoms in total. The molecule has 0 saturated carbocycles. The summed E-state index contributed by atoms with van der Waals surface area (Å²) in [6.07, 6.45) is 1.82. The molecule has 1 aromatic heterocycles. The molecule has 0 fully saturated rings. The van der Waals surface area contributed by atoms with Crippen molar-refractivity contribution in [3.05, 3.63) is 144 Å². The maximum atomic E-state index is 14.0. The van der Waals surface area contributed by atoms with Gasteiger partial charge in [-0.3, -0.25) is 9.36 Å². The van der Waals surface area contributed by atoms with E-state index in [0.29, 0.717) is 38.0 Å². The van der Waals surface area contributed by atoms with Crippen molar-refractivity contribution in [2.75, 3.05) is 6.61 Å². The minimum absolute atomic E-state index is 0.211. The van der Waals surface area contributed by atoms with Crippen molar-refractivity contribution in [1.29, 1.82) is 0 Å². The van der Waals surface area contributed by atoms with Crippen LogP contribution in [-0.4, -0.2) is 17.1 Å². The number of allylic oxidation sites excluding steroid dienone is 1. The first kappa shape index (κ1) is 27.7. The quantitative estimate of drug-likeness (QED) is 0.211. The van der Waals surface area contributed by atoms with Crippen LogP contribution in [0.25, 0.3) is 16.8 Å². The summed E-state index contributed by atoms with van der Waals surface area (Å²) in [5.74, 6) is 0.161. The van der Waals surface area contributed by atoms with Gasteiger partial charge in [-0.15, -0.1) is 0 Å². The number of esters is 1. The lowest BCUT2D eigenvalue weighted by Crippen LogP contribution is -2.39. The molecule has 0 bridgehead atoms. The van der Waals surface area contributed by atoms with Crippen molar-refractivity contribution in [1.82, 2.24) is 4.57 Å². The maximum Gasteiger partial charge on any atom is 0.338 e. The van der Waals surface area contributed by atoms with Crippen LogP contribution in [-0.2, 0) is 16.1 Å². The van der Waals surface area contributed by atoms with E-state index >= 15 is 0 Å². The second-order valence-electron chi connectivity index (χ2n) is 9.82. The molecule has 210 valence electrons. The molecule has 1 aliphatic heterocycles. The SMILES string of the molecule is CCOC(=O)C1=C(C)N=c2s/c(=C\c3ccccc3OCc3cccc4ccccc34)c(=O)n2[C@@H]1c1ccc(Cl)cc1. The molecular formula is C34H27ClN2O4S. The third-order valence-corrected chi connectivity index (χ3v) is 8.41. The second kappa shape index (κ2) is 11.8. The van der Waals surface area contributed by atoms with Crippen molar-refractivity contribution >= 4 is 45.8 Å². The number of para-hydroxylation sites is 1. The number of halogens is 1. The Morgan fingerprint density at radius 1 is 1.00 bits per heavy atom. The van der Waals surface area contributed by atoms with Gasteiger partial charge in [-0.2, -0.15) is 0 Å². The summed E-state index contributed by atoms with van der Waals surface area (Å²) in [6, 6.07) is 28.4. The molecule has 8 heteroatoms. The van der Waals surface area contributed by atoms with Gasteiger partial charge in [-0.05, 0) is 60.0 Å². The molecule has 4 aromatic carbocycles. The number of ether oxygens (including phenoxy) is 2. The van der Waals surface area contributed by atoms with Gasteiger partial charge in [0.25, 0.3) is 5.56 Å². The molecule has 0 saturated heterocycles. The molecule has 1 atom stereocenters. The zero-order valence-electron chi connectivity index (χ0n) is 23.0. The number of hydrogen-bond acceptors (Lipinski definition) is 6. The molecular weight excluding hydrogens is 568 g/mol. The van der Waals surface area contributed by atoms with E-state index in [0.717, 1.165) is 27.5 Å². The van der Waals surface area contributed by atoms with Crippen molar-refractivity contribution in [2.45, 2.75) is 26.5 Å². The molecule has 0 spiro atoms. The van der Waals surface area contributed by atoms with E-state index in [-0.39, 0.29) is 12.2 Å². The zero-order chi connectivity index (χ0) is 29.2. The first-order valence-corrected chi connectivity index (χ1v) is 14.8. The highest BCUT2D eigenvalue weighted by atomic mass is 35.5. The standard InChI is InChI=1S/C34H27ClN2O4S/c1-3-40-33(39)30-21(2)36-34-37(31(30)23-15-17-26(35)18-16-23)32(38)29(42-34)19-24-10-5-7-14-28(24)41-20-25-12-8-11-22-9-4-6-13-27(22)25/h4-19,31H,3,20H2,1-2H3/b29-19-/t31-/m1/s1. The molecule has 0 aliphatic carbocycles. The highest BCUT2D eigenvalue weighted by Gasteiger charge is 2.33. The number of aromatic nitrogens is 1. The molecule has 0 radical (unpaired) electrons. The third-order valence-electron chi connectivity index (χ3n) is 7.17. The number of carbonyl (C=O) groups excluding carboxylic acids is 1. The fourth-order valence-corrected chi connectivity index (χ4v) is 6.36. The van der Waals surface area contributed by atoms with Gasteiger partial charge < -0.3 is 9.47 Å². The van der Waals surface area contributed by atoms with Gasteiger partial charge in [0.15, 0.2) is 4.80 Å². The van der Waals surface area contributed by atoms with Crippen LogP contribution in [0.3, 0.4) is 0 Å². The van der Waals surface area contributed by atoms with E-state index in [1.54, 1.807) is 30.5 Å². The number of rotatable bonds is 7. The number of thiazole rings is 1. The van der Waals surface area contributed by atoms with Gasteiger partial charge in [0, 0.05) is 10.6 Å². The Hall–Kier alpha value is -4.46. The van der Waals surface area contributed by atoms with Crippen LogP contribution in [0.15, 0.2) is 112 Å². The average molecular weight is 595 g/mol. The van der Waals surface area contributed by atoms with Crippen molar-refractivity contribution in [3.63, 3.8) is 0 Å². The van der Waals surface area contributed by atoms with E-state index in [1.807, 2.05) is 60.7 Å². The van der Waals surface area contributed by atoms with E-state index in [4.69, 9.17) is 21.1 Å². The van der Waals surface area contributed by atoms with E-state index < -0.39 is 12.0 Å². The van der Waals surface area contributed by atoms with E-state index in [1.165, 1.54) is 11.3 Å². The van der Waals surface area contributed by atoms with Crippen molar-refractivity contribution in [2.24, 2.45) is 4.99 Å². The fourth-order valence-electron chi connectivity index (χ4n) is 5.20. The average Bonchev–Trinajstić information content (AvgIpc) is 3.30. The minimum atomic E-state index is -0.697. The highest BCUT2D eigenvalue weighted by molar-refractivity contribution is 7.07. The monoisotopic (exact) mass is 594 g/mol. The molecule has 42 heavy (non-hydrogen) atoms. The van der Waals surface area contributed by atoms with E-state index in [9.17, 15) is 9.59 Å². The Morgan fingerprint density at radius 2 is 1.74 bits per heavy atom. The number of benzene rings is 4. The van der Waals surface area contributed by atoms with Crippen LogP contribution in [0.4, 0.5) is 0 Å². The topological polar surface area (TPSA) is 69.9 Å². The molecule has 6 rings (SSSR count). The van der Waals surface area contributed by atoms with Gasteiger partial charge in [0.2, 0.25) is 0 Å². The summed E-state index contributed by atoms with van der Waals surface area (Å²) < 4.78 is 13.7. The first-order chi connectivity index (χ1) is 20.4. The largest absolute Gasteiger partial charge is 0.488 e. The van der Waals surface area contributed by atoms with Crippen LogP contribution in [0.2, 0.25) is 5.02 Å². The summed E-state index contributed by atoms with van der Waals surface area (Å²) in [7, 11) is 0. The van der Waals surface area contributed by atoms with Crippen molar-refractivity contribution in [3.8, 4) is 5.75 Å². The second-order valence-corrected chi connectivity index (χ2v) is 11.3. The first-order valence-electron chi connectivity index (χ1n) is 13.6. The Labute approximate surface area is 251 Å². The van der Waals surface area contributed by atoms with Crippen LogP contribution in [0.1, 0.15) is 36.6 Å². The molecule has 2 heterocycles. The number of carbonyl (C=O) groups is 1. The Kier molecular flexibility index (Phi) is 7.78. The summed E-state index contributed by atoms with van der Waals surface area (Å²) in [5, 5.41) is 2.85. The van der Waals surface area contributed by atoms with Crippen LogP contribution in [0.5, 0.6) is 5.75 Å². The minimum Gasteiger partial charge on any atom is -0.488 e. The van der Waals surface area contributed by atoms with Crippen molar-refractivity contribution < 1.29 is 14.3 Å². The molecule has 5 aromatic rings. The van der Waals surface area contributed by atoms with Crippen LogP contribution >= 0.6 is 22.9 Å². The van der Waals surface area contributed by atoms with Gasteiger partial charge in [0.05, 0.1) is 28.5 Å². The molecule has 0 unspecified atom stereocenters. The zero-order valence-corrected chi connectivity index (χ0v) is 24.6. The summed E-state index contributed by atoms with van der Waals surface area (Å²) in [6.45, 7) is 4.11. The lowest BCUT2D eigenvalue weighted by atomic mass is 9.96. The molecule has 0 amide bonds. The van der Waals surface area contributed by atoms with Gasteiger partial charge >= 0.3 is 5.97 Å². The normalized spacial score (nSPS) is 14.9. The Bertz CT molecular complexity index is 2020. The van der Waals surface area contributed by atoms with Gasteiger partial charge in [0.1, 0.15) is 12.4 Å². The van der Waals surface area contributed by atoms with E-state index in [2.05, 4.69) is 29.3 Å².